The van der Waals surface area contributed by atoms with Crippen molar-refractivity contribution < 1.29 is 14.2 Å². The zero-order valence-corrected chi connectivity index (χ0v) is 10.8. The van der Waals surface area contributed by atoms with Crippen molar-refractivity contribution in [3.8, 4) is 11.3 Å². The molecule has 0 radical (unpaired) electrons. The number of aromatic nitrogens is 2. The first-order valence-corrected chi connectivity index (χ1v) is 6.24. The lowest BCUT2D eigenvalue weighted by atomic mass is 10.1. The van der Waals surface area contributed by atoms with Crippen LogP contribution in [0.1, 0.15) is 0 Å². The van der Waals surface area contributed by atoms with Crippen molar-refractivity contribution >= 4 is 0 Å². The second-order valence-corrected chi connectivity index (χ2v) is 4.10. The highest BCUT2D eigenvalue weighted by Crippen LogP contribution is 2.18. The van der Waals surface area contributed by atoms with E-state index in [2.05, 4.69) is 5.10 Å². The van der Waals surface area contributed by atoms with Crippen molar-refractivity contribution in [3.05, 3.63) is 52.6 Å². The second-order valence-electron chi connectivity index (χ2n) is 4.10. The first kappa shape index (κ1) is 14.4. The van der Waals surface area contributed by atoms with Crippen LogP contribution in [-0.4, -0.2) is 34.7 Å². The summed E-state index contributed by atoms with van der Waals surface area (Å²) in [4.78, 5) is 11.7. The van der Waals surface area contributed by atoms with E-state index < -0.39 is 0 Å². The van der Waals surface area contributed by atoms with Gasteiger partial charge in [-0.3, -0.25) is 4.79 Å². The number of aliphatic hydroxyl groups is 1. The van der Waals surface area contributed by atoms with Gasteiger partial charge in [-0.2, -0.15) is 5.10 Å². The summed E-state index contributed by atoms with van der Waals surface area (Å²) >= 11 is 0. The molecule has 0 aliphatic carbocycles. The summed E-state index contributed by atoms with van der Waals surface area (Å²) in [5.74, 6) is -0.387. The van der Waals surface area contributed by atoms with Gasteiger partial charge in [-0.25, -0.2) is 9.07 Å². The predicted octanol–water partition coefficient (Wildman–Crippen LogP) is 1.06. The Labute approximate surface area is 115 Å². The topological polar surface area (TPSA) is 64.4 Å². The van der Waals surface area contributed by atoms with Gasteiger partial charge in [-0.15, -0.1) is 0 Å². The fraction of sp³-hybridized carbons (Fsp3) is 0.286. The zero-order valence-electron chi connectivity index (χ0n) is 10.8. The molecule has 5 nitrogen and oxygen atoms in total. The Morgan fingerprint density at radius 1 is 1.20 bits per heavy atom. The molecule has 0 bridgehead atoms. The highest BCUT2D eigenvalue weighted by molar-refractivity contribution is 5.58. The summed E-state index contributed by atoms with van der Waals surface area (Å²) in [6.07, 6.45) is 0. The second kappa shape index (κ2) is 6.93. The maximum atomic E-state index is 13.7. The van der Waals surface area contributed by atoms with E-state index >= 15 is 0 Å². The van der Waals surface area contributed by atoms with Gasteiger partial charge in [0.15, 0.2) is 0 Å². The molecule has 1 aromatic heterocycles. The molecule has 2 aromatic rings. The number of benzene rings is 1. The third-order valence-electron chi connectivity index (χ3n) is 2.70. The van der Waals surface area contributed by atoms with E-state index in [0.29, 0.717) is 11.3 Å². The molecule has 2 rings (SSSR count). The van der Waals surface area contributed by atoms with E-state index in [1.54, 1.807) is 18.2 Å². The predicted molar refractivity (Wildman–Crippen MR) is 71.8 cm³/mol. The lowest BCUT2D eigenvalue weighted by Gasteiger charge is -2.08. The minimum atomic E-state index is -0.387. The number of nitrogens with zero attached hydrogens (tertiary/aromatic N) is 2. The molecule has 0 unspecified atom stereocenters. The number of hydrogen-bond acceptors (Lipinski definition) is 4. The van der Waals surface area contributed by atoms with E-state index in [-0.39, 0.29) is 37.7 Å². The molecule has 20 heavy (non-hydrogen) atoms. The highest BCUT2D eigenvalue weighted by atomic mass is 19.1. The van der Waals surface area contributed by atoms with Crippen LogP contribution in [0.25, 0.3) is 11.3 Å². The van der Waals surface area contributed by atoms with Crippen molar-refractivity contribution in [2.75, 3.05) is 19.8 Å². The van der Waals surface area contributed by atoms with Crippen LogP contribution in [0, 0.1) is 5.82 Å². The standard InChI is InChI=1S/C14H15FN2O3/c15-12-4-2-1-3-11(12)13-5-6-14(19)17(16-13)7-9-20-10-8-18/h1-6,18H,7-10H2. The van der Waals surface area contributed by atoms with E-state index in [0.717, 1.165) is 0 Å². The maximum absolute atomic E-state index is 13.7. The fourth-order valence-corrected chi connectivity index (χ4v) is 1.74. The summed E-state index contributed by atoms with van der Waals surface area (Å²) in [6.45, 7) is 0.647. The van der Waals surface area contributed by atoms with Gasteiger partial charge in [0.2, 0.25) is 0 Å². The van der Waals surface area contributed by atoms with Crippen molar-refractivity contribution in [1.29, 1.82) is 0 Å². The van der Waals surface area contributed by atoms with Crippen LogP contribution >= 0.6 is 0 Å². The third-order valence-corrected chi connectivity index (χ3v) is 2.70. The Balaban J connectivity index is 2.20. The fourth-order valence-electron chi connectivity index (χ4n) is 1.74. The van der Waals surface area contributed by atoms with Crippen molar-refractivity contribution in [1.82, 2.24) is 9.78 Å². The summed E-state index contributed by atoms with van der Waals surface area (Å²) in [6, 6.07) is 9.09. The number of rotatable bonds is 6. The van der Waals surface area contributed by atoms with E-state index in [1.165, 1.54) is 22.9 Å². The van der Waals surface area contributed by atoms with Gasteiger partial charge in [-0.05, 0) is 18.2 Å². The lowest BCUT2D eigenvalue weighted by molar-refractivity contribution is 0.0847. The van der Waals surface area contributed by atoms with Gasteiger partial charge in [0.25, 0.3) is 5.56 Å². The Morgan fingerprint density at radius 2 is 2.00 bits per heavy atom. The van der Waals surface area contributed by atoms with Crippen molar-refractivity contribution in [2.24, 2.45) is 0 Å². The molecule has 0 spiro atoms. The maximum Gasteiger partial charge on any atom is 0.266 e. The molecule has 0 aliphatic rings. The van der Waals surface area contributed by atoms with E-state index in [4.69, 9.17) is 9.84 Å². The molecule has 1 heterocycles. The largest absolute Gasteiger partial charge is 0.394 e. The van der Waals surface area contributed by atoms with Gasteiger partial charge >= 0.3 is 0 Å². The van der Waals surface area contributed by atoms with Crippen LogP contribution in [-0.2, 0) is 11.3 Å². The average Bonchev–Trinajstić information content (AvgIpc) is 2.46. The Kier molecular flexibility index (Phi) is 4.97. The summed E-state index contributed by atoms with van der Waals surface area (Å²) in [7, 11) is 0. The molecule has 0 amide bonds. The quantitative estimate of drug-likeness (QED) is 0.802. The minimum Gasteiger partial charge on any atom is -0.394 e. The van der Waals surface area contributed by atoms with Crippen LogP contribution in [0.3, 0.4) is 0 Å². The lowest BCUT2D eigenvalue weighted by Crippen LogP contribution is -2.24. The van der Waals surface area contributed by atoms with Crippen LogP contribution < -0.4 is 5.56 Å². The monoisotopic (exact) mass is 278 g/mol. The molecular weight excluding hydrogens is 263 g/mol. The highest BCUT2D eigenvalue weighted by Gasteiger charge is 2.07. The molecule has 1 N–H and O–H groups in total. The molecule has 1 aromatic carbocycles. The molecule has 0 fully saturated rings. The van der Waals surface area contributed by atoms with Crippen molar-refractivity contribution in [2.45, 2.75) is 6.54 Å². The summed E-state index contributed by atoms with van der Waals surface area (Å²) in [5.41, 5.74) is 0.458. The molecule has 106 valence electrons. The molecule has 6 heteroatoms. The van der Waals surface area contributed by atoms with Gasteiger partial charge in [0.1, 0.15) is 5.82 Å². The number of hydrogen-bond donors (Lipinski definition) is 1. The van der Waals surface area contributed by atoms with Crippen molar-refractivity contribution in [3.63, 3.8) is 0 Å². The van der Waals surface area contributed by atoms with Gasteiger partial charge in [0, 0.05) is 11.6 Å². The van der Waals surface area contributed by atoms with Gasteiger partial charge in [-0.1, -0.05) is 12.1 Å². The third kappa shape index (κ3) is 3.49. The normalized spacial score (nSPS) is 10.7. The van der Waals surface area contributed by atoms with Crippen LogP contribution in [0.5, 0.6) is 0 Å². The summed E-state index contributed by atoms with van der Waals surface area (Å²) < 4.78 is 20.0. The molecule has 0 aliphatic heterocycles. The Bertz CT molecular complexity index is 628. The SMILES string of the molecule is O=c1ccc(-c2ccccc2F)nn1CCOCCO. The van der Waals surface area contributed by atoms with Crippen LogP contribution in [0.4, 0.5) is 4.39 Å². The van der Waals surface area contributed by atoms with E-state index in [1.807, 2.05) is 0 Å². The number of halogens is 1. The number of ether oxygens (including phenoxy) is 1. The Hall–Kier alpha value is -2.05. The van der Waals surface area contributed by atoms with E-state index in [9.17, 15) is 9.18 Å². The molecule has 0 atom stereocenters. The molecule has 0 saturated heterocycles. The first-order chi connectivity index (χ1) is 9.72. The minimum absolute atomic E-state index is 0.0718. The summed E-state index contributed by atoms with van der Waals surface area (Å²) in [5, 5.41) is 12.7. The molecule has 0 saturated carbocycles. The first-order valence-electron chi connectivity index (χ1n) is 6.24. The number of aliphatic hydroxyl groups excluding tert-OH is 1. The average molecular weight is 278 g/mol. The Morgan fingerprint density at radius 3 is 2.75 bits per heavy atom. The van der Waals surface area contributed by atoms with Crippen LogP contribution in [0.15, 0.2) is 41.2 Å². The van der Waals surface area contributed by atoms with Crippen LogP contribution in [0.2, 0.25) is 0 Å². The van der Waals surface area contributed by atoms with Gasteiger partial charge in [0.05, 0.1) is 32.1 Å². The molecular formula is C14H15FN2O3. The smallest absolute Gasteiger partial charge is 0.266 e. The van der Waals surface area contributed by atoms with Gasteiger partial charge < -0.3 is 9.84 Å². The zero-order chi connectivity index (χ0) is 14.4.